The molecule has 0 spiro atoms. The molecule has 4 N–H and O–H groups in total. The van der Waals surface area contributed by atoms with Gasteiger partial charge in [-0.3, -0.25) is 10.3 Å². The number of rotatable bonds is 6. The van der Waals surface area contributed by atoms with Gasteiger partial charge in [-0.15, -0.1) is 26.3 Å². The van der Waals surface area contributed by atoms with Crippen molar-refractivity contribution in [2.24, 2.45) is 5.73 Å². The van der Waals surface area contributed by atoms with Crippen LogP contribution in [0.15, 0.2) is 68.8 Å². The maximum absolute atomic E-state index is 7.41. The van der Waals surface area contributed by atoms with Crippen molar-refractivity contribution in [3.8, 4) is 11.1 Å². The van der Waals surface area contributed by atoms with Crippen LogP contribution >= 0.6 is 0 Å². The van der Waals surface area contributed by atoms with Crippen molar-refractivity contribution in [3.05, 3.63) is 92.9 Å². The summed E-state index contributed by atoms with van der Waals surface area (Å²) in [7, 11) is 3.79. The molecule has 3 rings (SSSR count). The van der Waals surface area contributed by atoms with Crippen LogP contribution in [0, 0.1) is 19.8 Å². The van der Waals surface area contributed by atoms with E-state index >= 15 is 0 Å². The van der Waals surface area contributed by atoms with Gasteiger partial charge in [0.1, 0.15) is 0 Å². The van der Waals surface area contributed by atoms with Crippen LogP contribution in [-0.4, -0.2) is 37.7 Å². The molecule has 4 nitrogen and oxygen atoms in total. The maximum atomic E-state index is 7.41. The van der Waals surface area contributed by atoms with Gasteiger partial charge in [0.25, 0.3) is 0 Å². The number of aryl methyl sites for hydroxylation is 1. The van der Waals surface area contributed by atoms with Crippen LogP contribution in [-0.2, 0) is 6.42 Å². The summed E-state index contributed by atoms with van der Waals surface area (Å²) in [5.41, 5.74) is 14.0. The third kappa shape index (κ3) is 12.5. The normalized spacial score (nSPS) is 14.0. The molecule has 1 aliphatic heterocycles. The Morgan fingerprint density at radius 2 is 1.60 bits per heavy atom. The first kappa shape index (κ1) is 38.8. The molecular weight excluding hydrogens is 667 g/mol. The molecule has 0 aliphatic carbocycles. The number of hydrogen-bond donors (Lipinski definition) is 3. The van der Waals surface area contributed by atoms with E-state index in [0.29, 0.717) is 12.1 Å². The third-order valence-corrected chi connectivity index (χ3v) is 5.13. The van der Waals surface area contributed by atoms with Crippen LogP contribution in [0.1, 0.15) is 50.8 Å². The van der Waals surface area contributed by atoms with E-state index in [-0.39, 0.29) is 7.43 Å². The van der Waals surface area contributed by atoms with Gasteiger partial charge < -0.3 is 18.6 Å². The summed E-state index contributed by atoms with van der Waals surface area (Å²) in [5, 5.41) is 7.41. The molecule has 1 heterocycles. The molecule has 1 aliphatic rings. The van der Waals surface area contributed by atoms with Gasteiger partial charge >= 0.3 is 0 Å². The largest absolute Gasteiger partial charge is 0.358 e. The van der Waals surface area contributed by atoms with E-state index in [1.807, 2.05) is 19.9 Å². The van der Waals surface area contributed by atoms with E-state index < -0.39 is 0 Å². The fourth-order valence-electron chi connectivity index (χ4n) is 3.41. The van der Waals surface area contributed by atoms with Crippen molar-refractivity contribution in [2.75, 3.05) is 7.05 Å². The van der Waals surface area contributed by atoms with Crippen molar-refractivity contribution in [3.63, 3.8) is 0 Å². The summed E-state index contributed by atoms with van der Waals surface area (Å²) in [4.78, 5) is 2.28. The average Bonchev–Trinajstić information content (AvgIpc) is 3.39. The van der Waals surface area contributed by atoms with E-state index in [2.05, 4.69) is 107 Å². The van der Waals surface area contributed by atoms with Crippen molar-refractivity contribution >= 4 is 13.6 Å². The zero-order valence-corrected chi connectivity index (χ0v) is 25.6. The number of hydrogen-bond acceptors (Lipinski definition) is 4. The Labute approximate surface area is 212 Å². The zero-order valence-electron chi connectivity index (χ0n) is 23.1. The smallest absolute Gasteiger partial charge is 0.232 e. The van der Waals surface area contributed by atoms with Crippen LogP contribution in [0.3, 0.4) is 0 Å². The number of nitrogens with two attached hydrogens (primary N) is 1. The van der Waals surface area contributed by atoms with Gasteiger partial charge in [0, 0.05) is 18.3 Å². The standard InChI is InChI=1S/C21H27BN3.C2H6.2C2H4.CH5N.CH3.Es/c1-4-21-13-22-25(24-21)16(3)12-17-5-7-18(8-6-17)19-9-10-20(14-23)15(2)11-19;4*1-2;;/h5-11,14,16,21,23-24H,4,12-13H2,1-3H3;1-2H3;2*1-2H2;2H2,1H3;1H3;/q;;;;;-1;. The van der Waals surface area contributed by atoms with Gasteiger partial charge in [-0.25, -0.2) is 0 Å². The SMILES string of the molecule is C=C.C=C.CC.CCC1C[B]N(C(C)Cc2ccc(-c3ccc(C=N)c(C)c3)cc2)N1.CN.[CH3-].[Es]. The Morgan fingerprint density at radius 3 is 2.03 bits per heavy atom. The van der Waals surface area contributed by atoms with E-state index in [1.165, 1.54) is 36.4 Å². The van der Waals surface area contributed by atoms with Gasteiger partial charge in [0.05, 0.1) is 0 Å². The number of benzene rings is 2. The molecule has 35 heavy (non-hydrogen) atoms. The maximum Gasteiger partial charge on any atom is 0.232 e. The third-order valence-electron chi connectivity index (χ3n) is 5.13. The number of nitrogens with one attached hydrogen (secondary N) is 2. The summed E-state index contributed by atoms with van der Waals surface area (Å²) in [6, 6.07) is 16.2. The number of hydrazine groups is 1. The number of nitrogens with zero attached hydrogens (tertiary/aromatic N) is 1. The second-order valence-corrected chi connectivity index (χ2v) is 7.03. The summed E-state index contributed by atoms with van der Waals surface area (Å²) in [6.07, 6.45) is 4.75. The Bertz CT molecular complexity index is 766. The van der Waals surface area contributed by atoms with Crippen molar-refractivity contribution in [2.45, 2.75) is 65.9 Å². The van der Waals surface area contributed by atoms with Gasteiger partial charge in [-0.05, 0) is 67.9 Å². The first-order valence-corrected chi connectivity index (χ1v) is 11.8. The van der Waals surface area contributed by atoms with Gasteiger partial charge in [0.15, 0.2) is 0 Å². The fraction of sp³-hybridized carbons (Fsp3) is 0.379. The molecule has 2 aromatic carbocycles. The minimum Gasteiger partial charge on any atom is -0.358 e. The first-order chi connectivity index (χ1) is 16.1. The second kappa shape index (κ2) is 23.7. The average molecular weight is 717 g/mol. The fourth-order valence-corrected chi connectivity index (χ4v) is 3.41. The molecule has 1 fully saturated rings. The summed E-state index contributed by atoms with van der Waals surface area (Å²) >= 11 is 0. The Kier molecular flexibility index (Phi) is 26.2. The van der Waals surface area contributed by atoms with E-state index in [1.54, 1.807) is 0 Å². The Balaban J connectivity index is -0.000000437. The molecule has 1 saturated heterocycles. The van der Waals surface area contributed by atoms with E-state index in [4.69, 9.17) is 5.41 Å². The van der Waals surface area contributed by atoms with Crippen molar-refractivity contribution in [1.29, 1.82) is 5.41 Å². The molecule has 2 unspecified atom stereocenters. The molecule has 6 heteroatoms. The molecule has 2 aromatic rings. The van der Waals surface area contributed by atoms with Gasteiger partial charge in [-0.2, -0.15) is 0 Å². The predicted octanol–water partition coefficient (Wildman–Crippen LogP) is 6.88. The molecule has 0 aromatic heterocycles. The molecule has 200 valence electrons. The molecule has 2 radical (unpaired) electrons. The minimum absolute atomic E-state index is 0. The minimum atomic E-state index is 0. The first-order valence-electron chi connectivity index (χ1n) is 11.8. The van der Waals surface area contributed by atoms with Crippen LogP contribution in [0.2, 0.25) is 6.32 Å². The summed E-state index contributed by atoms with van der Waals surface area (Å²) < 4.78 is 0. The monoisotopic (exact) mass is 716 g/mol. The van der Waals surface area contributed by atoms with E-state index in [0.717, 1.165) is 23.9 Å². The van der Waals surface area contributed by atoms with Gasteiger partial charge in [0.2, 0.25) is 7.41 Å². The summed E-state index contributed by atoms with van der Waals surface area (Å²) in [5.74, 6) is 0. The van der Waals surface area contributed by atoms with Crippen molar-refractivity contribution in [1.82, 2.24) is 10.3 Å². The van der Waals surface area contributed by atoms with Crippen molar-refractivity contribution < 1.29 is 0 Å². The van der Waals surface area contributed by atoms with Crippen LogP contribution in [0.25, 0.3) is 11.1 Å². The molecular formula is C29H49BEsN4-. The predicted molar refractivity (Wildman–Crippen MR) is 158 cm³/mol. The zero-order chi connectivity index (χ0) is 25.8. The molecule has 0 amide bonds. The quantitative estimate of drug-likeness (QED) is 0.132. The Hall–Kier alpha value is -3.47. The van der Waals surface area contributed by atoms with Crippen LogP contribution in [0.4, 0.5) is 0 Å². The van der Waals surface area contributed by atoms with Crippen LogP contribution < -0.4 is 11.2 Å². The molecule has 0 bridgehead atoms. The topological polar surface area (TPSA) is 65.1 Å². The second-order valence-electron chi connectivity index (χ2n) is 7.03. The van der Waals surface area contributed by atoms with E-state index in [9.17, 15) is 0 Å². The molecule has 2 atom stereocenters. The van der Waals surface area contributed by atoms with Gasteiger partial charge in [-0.1, -0.05) is 63.2 Å². The summed E-state index contributed by atoms with van der Waals surface area (Å²) in [6.45, 7) is 22.6. The Morgan fingerprint density at radius 1 is 1.09 bits per heavy atom. The van der Waals surface area contributed by atoms with Crippen LogP contribution in [0.5, 0.6) is 0 Å². The molecule has 0 saturated carbocycles.